The quantitative estimate of drug-likeness (QED) is 0.156. The van der Waals surface area contributed by atoms with E-state index in [-0.39, 0.29) is 37.9 Å². The number of nitrogens with one attached hydrogen (secondary N) is 1. The SMILES string of the molecule is C=CCCC(=O)NC[C@@H](OC(=O)[C@@H]1[C@H]2C(=O)N([C@@H](CO)Cc3ccccc3)[C@H](C(=O)N(CC=C)Cc3ccccc3)[C@]23CC[C@H]1O3)c1ccccc1. The number of allylic oxidation sites excluding steroid dienone is 1. The van der Waals surface area contributed by atoms with Crippen molar-refractivity contribution in [3.05, 3.63) is 133 Å². The van der Waals surface area contributed by atoms with Crippen LogP contribution in [0.3, 0.4) is 0 Å². The molecule has 10 heteroatoms. The second kappa shape index (κ2) is 16.5. The van der Waals surface area contributed by atoms with Crippen LogP contribution < -0.4 is 5.32 Å². The van der Waals surface area contributed by atoms with Crippen molar-refractivity contribution < 1.29 is 33.8 Å². The van der Waals surface area contributed by atoms with Gasteiger partial charge in [0.25, 0.3) is 0 Å². The molecular weight excluding hydrogens is 658 g/mol. The molecule has 0 saturated carbocycles. The summed E-state index contributed by atoms with van der Waals surface area (Å²) < 4.78 is 12.9. The van der Waals surface area contributed by atoms with Crippen molar-refractivity contribution in [1.82, 2.24) is 15.1 Å². The van der Waals surface area contributed by atoms with Gasteiger partial charge in [-0.1, -0.05) is 103 Å². The summed E-state index contributed by atoms with van der Waals surface area (Å²) >= 11 is 0. The molecule has 3 amide bonds. The van der Waals surface area contributed by atoms with Gasteiger partial charge < -0.3 is 29.7 Å². The number of esters is 1. The van der Waals surface area contributed by atoms with Crippen molar-refractivity contribution >= 4 is 23.7 Å². The van der Waals surface area contributed by atoms with E-state index < -0.39 is 60.2 Å². The maximum atomic E-state index is 14.9. The number of carbonyl (C=O) groups excluding carboxylic acids is 4. The Morgan fingerprint density at radius 2 is 1.63 bits per heavy atom. The Kier molecular flexibility index (Phi) is 11.7. The van der Waals surface area contributed by atoms with Crippen molar-refractivity contribution in [1.29, 1.82) is 0 Å². The lowest BCUT2D eigenvalue weighted by Crippen LogP contribution is -2.59. The zero-order valence-electron chi connectivity index (χ0n) is 29.3. The van der Waals surface area contributed by atoms with E-state index in [9.17, 15) is 24.3 Å². The minimum atomic E-state index is -1.30. The summed E-state index contributed by atoms with van der Waals surface area (Å²) in [6.07, 6.45) is 3.77. The fraction of sp³-hybridized carbons (Fsp3) is 0.381. The van der Waals surface area contributed by atoms with E-state index in [0.717, 1.165) is 11.1 Å². The molecule has 0 radical (unpaired) electrons. The van der Waals surface area contributed by atoms with Crippen LogP contribution >= 0.6 is 0 Å². The standard InChI is InChI=1S/C42H47N3O7/c1-3-5-21-35(47)43-26-34(31-19-13-8-14-20-31)51-41(50)36-33-22-23-42(52-33)37(36)39(48)45(32(28-46)25-29-15-9-6-10-16-29)38(42)40(49)44(24-4-2)27-30-17-11-7-12-18-30/h3-4,6-20,32-34,36-38,46H,1-2,5,21-28H2,(H,43,47)/t32-,33-,34-,36+,37+,38-,42+/m1/s1. The molecule has 10 nitrogen and oxygen atoms in total. The van der Waals surface area contributed by atoms with Gasteiger partial charge in [0.15, 0.2) is 0 Å². The van der Waals surface area contributed by atoms with Crippen molar-refractivity contribution in [2.45, 2.75) is 68.5 Å². The average Bonchev–Trinajstić information content (AvgIpc) is 3.82. The number of benzene rings is 3. The van der Waals surface area contributed by atoms with E-state index in [0.29, 0.717) is 31.2 Å². The highest BCUT2D eigenvalue weighted by atomic mass is 16.6. The molecule has 3 saturated heterocycles. The van der Waals surface area contributed by atoms with Crippen LogP contribution in [0.1, 0.15) is 48.5 Å². The normalized spacial score (nSPS) is 24.1. The minimum Gasteiger partial charge on any atom is -0.455 e. The number of fused-ring (bicyclic) bond motifs is 1. The molecule has 0 aromatic heterocycles. The van der Waals surface area contributed by atoms with Crippen molar-refractivity contribution in [2.75, 3.05) is 19.7 Å². The zero-order valence-corrected chi connectivity index (χ0v) is 29.3. The van der Waals surface area contributed by atoms with Crippen LogP contribution in [0, 0.1) is 11.8 Å². The van der Waals surface area contributed by atoms with Crippen molar-refractivity contribution in [3.8, 4) is 0 Å². The number of likely N-dealkylation sites (tertiary alicyclic amines) is 1. The molecule has 7 atom stereocenters. The highest BCUT2D eigenvalue weighted by molar-refractivity contribution is 5.98. The number of amides is 3. The largest absolute Gasteiger partial charge is 0.455 e. The van der Waals surface area contributed by atoms with Gasteiger partial charge in [-0.3, -0.25) is 19.2 Å². The number of hydrogen-bond donors (Lipinski definition) is 2. The summed E-state index contributed by atoms with van der Waals surface area (Å²) in [6.45, 7) is 7.71. The third-order valence-electron chi connectivity index (χ3n) is 10.5. The lowest BCUT2D eigenvalue weighted by molar-refractivity contribution is -0.161. The molecule has 52 heavy (non-hydrogen) atoms. The van der Waals surface area contributed by atoms with Gasteiger partial charge in [0.2, 0.25) is 17.7 Å². The first-order valence-electron chi connectivity index (χ1n) is 18.0. The molecule has 3 heterocycles. The van der Waals surface area contributed by atoms with Gasteiger partial charge in [-0.25, -0.2) is 0 Å². The molecule has 3 aliphatic heterocycles. The predicted octanol–water partition coefficient (Wildman–Crippen LogP) is 4.55. The monoisotopic (exact) mass is 705 g/mol. The van der Waals surface area contributed by atoms with Crippen LogP contribution in [0.15, 0.2) is 116 Å². The van der Waals surface area contributed by atoms with Gasteiger partial charge in [0.1, 0.15) is 17.7 Å². The molecule has 1 spiro atoms. The van der Waals surface area contributed by atoms with Crippen LogP contribution in [0.2, 0.25) is 0 Å². The van der Waals surface area contributed by atoms with E-state index >= 15 is 0 Å². The smallest absolute Gasteiger partial charge is 0.313 e. The molecule has 3 aliphatic rings. The summed E-state index contributed by atoms with van der Waals surface area (Å²) in [5.74, 6) is -3.55. The third kappa shape index (κ3) is 7.45. The Labute approximate surface area is 305 Å². The van der Waals surface area contributed by atoms with Crippen molar-refractivity contribution in [2.24, 2.45) is 11.8 Å². The van der Waals surface area contributed by atoms with Gasteiger partial charge >= 0.3 is 5.97 Å². The van der Waals surface area contributed by atoms with Gasteiger partial charge in [0, 0.05) is 19.5 Å². The minimum absolute atomic E-state index is 0.0423. The second-order valence-electron chi connectivity index (χ2n) is 13.8. The summed E-state index contributed by atoms with van der Waals surface area (Å²) in [5.41, 5.74) is 1.19. The maximum absolute atomic E-state index is 14.9. The van der Waals surface area contributed by atoms with Crippen LogP contribution in [-0.4, -0.2) is 82.1 Å². The average molecular weight is 706 g/mol. The number of nitrogens with zero attached hydrogens (tertiary/aromatic N) is 2. The number of ether oxygens (including phenoxy) is 2. The van der Waals surface area contributed by atoms with Crippen LogP contribution in [-0.2, 0) is 41.6 Å². The van der Waals surface area contributed by atoms with Crippen LogP contribution in [0.25, 0.3) is 0 Å². The number of rotatable bonds is 17. The summed E-state index contributed by atoms with van der Waals surface area (Å²) in [7, 11) is 0. The Balaban J connectivity index is 1.34. The zero-order chi connectivity index (χ0) is 36.7. The molecule has 2 bridgehead atoms. The highest BCUT2D eigenvalue weighted by Crippen LogP contribution is 2.59. The van der Waals surface area contributed by atoms with Gasteiger partial charge in [0.05, 0.1) is 37.1 Å². The van der Waals surface area contributed by atoms with Gasteiger partial charge in [-0.2, -0.15) is 0 Å². The summed E-state index contributed by atoms with van der Waals surface area (Å²) in [4.78, 5) is 59.8. The maximum Gasteiger partial charge on any atom is 0.313 e. The van der Waals surface area contributed by atoms with E-state index in [1.54, 1.807) is 17.1 Å². The molecule has 2 N–H and O–H groups in total. The van der Waals surface area contributed by atoms with Crippen molar-refractivity contribution in [3.63, 3.8) is 0 Å². The molecule has 0 unspecified atom stereocenters. The van der Waals surface area contributed by atoms with Crippen LogP contribution in [0.4, 0.5) is 0 Å². The molecule has 6 rings (SSSR count). The molecule has 0 aliphatic carbocycles. The number of aliphatic hydroxyl groups is 1. The first-order chi connectivity index (χ1) is 25.3. The van der Waals surface area contributed by atoms with E-state index in [1.165, 1.54) is 4.90 Å². The molecule has 3 aromatic carbocycles. The third-order valence-corrected chi connectivity index (χ3v) is 10.5. The first kappa shape index (κ1) is 36.7. The Hall–Kier alpha value is -5.06. The lowest BCUT2D eigenvalue weighted by atomic mass is 9.70. The van der Waals surface area contributed by atoms with E-state index in [4.69, 9.17) is 9.47 Å². The van der Waals surface area contributed by atoms with Crippen LogP contribution in [0.5, 0.6) is 0 Å². The van der Waals surface area contributed by atoms with E-state index in [1.807, 2.05) is 91.0 Å². The number of hydrogen-bond acceptors (Lipinski definition) is 7. The number of aliphatic hydroxyl groups excluding tert-OH is 1. The topological polar surface area (TPSA) is 125 Å². The van der Waals surface area contributed by atoms with Gasteiger partial charge in [-0.15, -0.1) is 13.2 Å². The van der Waals surface area contributed by atoms with Gasteiger partial charge in [-0.05, 0) is 42.4 Å². The molecule has 3 aromatic rings. The Bertz CT molecular complexity index is 1740. The second-order valence-corrected chi connectivity index (χ2v) is 13.8. The number of carbonyl (C=O) groups is 4. The molecular formula is C42H47N3O7. The fourth-order valence-corrected chi connectivity index (χ4v) is 8.18. The lowest BCUT2D eigenvalue weighted by Gasteiger charge is -2.39. The Morgan fingerprint density at radius 3 is 2.27 bits per heavy atom. The molecule has 272 valence electrons. The first-order valence-corrected chi connectivity index (χ1v) is 18.0. The summed E-state index contributed by atoms with van der Waals surface area (Å²) in [5, 5.41) is 13.7. The predicted molar refractivity (Wildman–Crippen MR) is 195 cm³/mol. The Morgan fingerprint density at radius 1 is 0.981 bits per heavy atom. The van der Waals surface area contributed by atoms with E-state index in [2.05, 4.69) is 18.5 Å². The molecule has 3 fully saturated rings. The fourth-order valence-electron chi connectivity index (χ4n) is 8.18. The highest BCUT2D eigenvalue weighted by Gasteiger charge is 2.75. The summed E-state index contributed by atoms with van der Waals surface area (Å²) in [6, 6.07) is 26.4.